The molecule has 6 rings (SSSR count). The lowest BCUT2D eigenvalue weighted by Gasteiger charge is -2.11. The summed E-state index contributed by atoms with van der Waals surface area (Å²) in [6.07, 6.45) is 7.78. The molecule has 5 nitrogen and oxygen atoms in total. The van der Waals surface area contributed by atoms with Crippen LogP contribution in [0.4, 0.5) is 0 Å². The lowest BCUT2D eigenvalue weighted by Crippen LogP contribution is -2.27. The highest BCUT2D eigenvalue weighted by molar-refractivity contribution is 5.80. The molecule has 6 aromatic rings. The molecule has 0 aliphatic carbocycles. The molecule has 0 amide bonds. The Morgan fingerprint density at radius 2 is 1.27 bits per heavy atom. The Kier molecular flexibility index (Phi) is 5.79. The molecule has 3 aromatic heterocycles. The summed E-state index contributed by atoms with van der Waals surface area (Å²) < 4.78 is 4.21. The van der Waals surface area contributed by atoms with E-state index in [1.54, 1.807) is 6.20 Å². The van der Waals surface area contributed by atoms with Crippen LogP contribution >= 0.6 is 0 Å². The van der Waals surface area contributed by atoms with Gasteiger partial charge < -0.3 is 0 Å². The number of hydrogen-bond donors (Lipinski definition) is 0. The van der Waals surface area contributed by atoms with Crippen LogP contribution in [0.3, 0.4) is 0 Å². The first-order valence-corrected chi connectivity index (χ1v) is 12.2. The first-order chi connectivity index (χ1) is 18.2. The number of aromatic nitrogens is 5. The summed E-state index contributed by atoms with van der Waals surface area (Å²) in [6.45, 7) is 6.34. The Morgan fingerprint density at radius 1 is 0.676 bits per heavy atom. The second kappa shape index (κ2) is 9.55. The molecule has 5 heteroatoms. The van der Waals surface area contributed by atoms with E-state index in [-0.39, 0.29) is 0 Å². The molecule has 0 unspecified atom stereocenters. The van der Waals surface area contributed by atoms with E-state index in [0.717, 1.165) is 56.0 Å². The maximum atomic E-state index is 4.96. The van der Waals surface area contributed by atoms with E-state index >= 15 is 0 Å². The molecule has 0 fully saturated rings. The normalized spacial score (nSPS) is 12.1. The van der Waals surface area contributed by atoms with E-state index in [1.165, 1.54) is 0 Å². The molecule has 0 aliphatic heterocycles. The van der Waals surface area contributed by atoms with Crippen molar-refractivity contribution in [2.45, 2.75) is 6.92 Å². The van der Waals surface area contributed by atoms with Crippen LogP contribution in [0, 0.1) is 0 Å². The molecule has 0 saturated carbocycles. The SMILES string of the molecule is C=c1/c(=C\C=C/C)nc(-c2ccc(-c3nc4cccnc4n3-c3ccccc3)cc2)n1-c1ccccc1. The minimum absolute atomic E-state index is 0.832. The number of allylic oxidation sites excluding steroid dienone is 2. The first-order valence-electron chi connectivity index (χ1n) is 12.2. The number of nitrogens with zero attached hydrogens (tertiary/aromatic N) is 5. The zero-order chi connectivity index (χ0) is 25.2. The monoisotopic (exact) mass is 479 g/mol. The van der Waals surface area contributed by atoms with E-state index in [4.69, 9.17) is 9.97 Å². The van der Waals surface area contributed by atoms with Crippen molar-refractivity contribution in [3.63, 3.8) is 0 Å². The van der Waals surface area contributed by atoms with E-state index in [1.807, 2.05) is 73.7 Å². The fourth-order valence-electron chi connectivity index (χ4n) is 4.54. The molecule has 0 atom stereocenters. The molecule has 178 valence electrons. The fourth-order valence-corrected chi connectivity index (χ4v) is 4.54. The summed E-state index contributed by atoms with van der Waals surface area (Å²) in [5.74, 6) is 1.69. The topological polar surface area (TPSA) is 48.5 Å². The molecule has 37 heavy (non-hydrogen) atoms. The van der Waals surface area contributed by atoms with E-state index < -0.39 is 0 Å². The summed E-state index contributed by atoms with van der Waals surface area (Å²) in [5, 5.41) is 1.69. The maximum absolute atomic E-state index is 4.96. The molecule has 0 bridgehead atoms. The van der Waals surface area contributed by atoms with Gasteiger partial charge in [-0.05, 0) is 49.4 Å². The van der Waals surface area contributed by atoms with Gasteiger partial charge in [0.1, 0.15) is 17.2 Å². The third kappa shape index (κ3) is 4.06. The Bertz CT molecular complexity index is 1830. The van der Waals surface area contributed by atoms with Gasteiger partial charge in [-0.15, -0.1) is 0 Å². The van der Waals surface area contributed by atoms with Crippen LogP contribution in [0.5, 0.6) is 0 Å². The van der Waals surface area contributed by atoms with E-state index in [9.17, 15) is 0 Å². The average molecular weight is 480 g/mol. The highest BCUT2D eigenvalue weighted by Crippen LogP contribution is 2.29. The molecule has 0 radical (unpaired) electrons. The van der Waals surface area contributed by atoms with Crippen LogP contribution in [0.2, 0.25) is 0 Å². The van der Waals surface area contributed by atoms with Crippen LogP contribution in [-0.4, -0.2) is 24.1 Å². The van der Waals surface area contributed by atoms with Crippen LogP contribution in [0.15, 0.2) is 115 Å². The number of imidazole rings is 2. The highest BCUT2D eigenvalue weighted by Gasteiger charge is 2.16. The summed E-state index contributed by atoms with van der Waals surface area (Å²) >= 11 is 0. The highest BCUT2D eigenvalue weighted by atomic mass is 15.1. The second-order valence-corrected chi connectivity index (χ2v) is 8.66. The third-order valence-corrected chi connectivity index (χ3v) is 6.30. The largest absolute Gasteiger partial charge is 0.293 e. The smallest absolute Gasteiger partial charge is 0.164 e. The molecular formula is C32H25N5. The van der Waals surface area contributed by atoms with Gasteiger partial charge in [-0.3, -0.25) is 9.13 Å². The van der Waals surface area contributed by atoms with Crippen LogP contribution in [0.1, 0.15) is 6.92 Å². The Labute approximate surface area is 215 Å². The number of hydrogen-bond acceptors (Lipinski definition) is 3. The molecule has 3 aromatic carbocycles. The summed E-state index contributed by atoms with van der Waals surface area (Å²) in [4.78, 5) is 14.5. The summed E-state index contributed by atoms with van der Waals surface area (Å²) in [6, 6.07) is 32.7. The van der Waals surface area contributed by atoms with Crippen molar-refractivity contribution >= 4 is 23.8 Å². The average Bonchev–Trinajstić information content (AvgIpc) is 3.51. The first kappa shape index (κ1) is 22.4. The van der Waals surface area contributed by atoms with Gasteiger partial charge in [0.2, 0.25) is 0 Å². The molecule has 0 N–H and O–H groups in total. The molecule has 0 saturated heterocycles. The van der Waals surface area contributed by atoms with Gasteiger partial charge >= 0.3 is 0 Å². The minimum atomic E-state index is 0.832. The van der Waals surface area contributed by atoms with Crippen molar-refractivity contribution < 1.29 is 0 Å². The number of pyridine rings is 1. The van der Waals surface area contributed by atoms with E-state index in [0.29, 0.717) is 0 Å². The third-order valence-electron chi connectivity index (χ3n) is 6.30. The standard InChI is InChI=1S/C32H25N5/c1-3-4-16-28-23(2)36(26-12-7-5-8-13-26)30(34-28)24-18-20-25(21-19-24)31-35-29-17-11-22-33-32(29)37(31)27-14-9-6-10-15-27/h3-22H,2H2,1H3/b4-3-,28-16+. The molecule has 3 heterocycles. The zero-order valence-corrected chi connectivity index (χ0v) is 20.5. The number of para-hydroxylation sites is 2. The predicted molar refractivity (Wildman–Crippen MR) is 151 cm³/mol. The fraction of sp³-hybridized carbons (Fsp3) is 0.0312. The minimum Gasteiger partial charge on any atom is -0.293 e. The van der Waals surface area contributed by atoms with Gasteiger partial charge in [0.15, 0.2) is 5.65 Å². The van der Waals surface area contributed by atoms with Gasteiger partial charge in [-0.1, -0.05) is 79.4 Å². The van der Waals surface area contributed by atoms with Gasteiger partial charge in [-0.2, -0.15) is 0 Å². The number of rotatable bonds is 5. The Balaban J connectivity index is 1.50. The van der Waals surface area contributed by atoms with Crippen LogP contribution < -0.4 is 10.7 Å². The second-order valence-electron chi connectivity index (χ2n) is 8.66. The zero-order valence-electron chi connectivity index (χ0n) is 20.5. The summed E-state index contributed by atoms with van der Waals surface area (Å²) in [5.41, 5.74) is 5.73. The summed E-state index contributed by atoms with van der Waals surface area (Å²) in [7, 11) is 0. The van der Waals surface area contributed by atoms with E-state index in [2.05, 4.69) is 69.2 Å². The van der Waals surface area contributed by atoms with Crippen molar-refractivity contribution in [1.29, 1.82) is 0 Å². The van der Waals surface area contributed by atoms with Gasteiger partial charge in [-0.25, -0.2) is 15.0 Å². The van der Waals surface area contributed by atoms with Gasteiger partial charge in [0.25, 0.3) is 0 Å². The number of benzene rings is 3. The quantitative estimate of drug-likeness (QED) is 0.318. The van der Waals surface area contributed by atoms with Crippen molar-refractivity contribution in [2.24, 2.45) is 0 Å². The van der Waals surface area contributed by atoms with Crippen LogP contribution in [-0.2, 0) is 0 Å². The molecule has 0 spiro atoms. The lowest BCUT2D eigenvalue weighted by atomic mass is 10.1. The Hall–Kier alpha value is -5.03. The number of fused-ring (bicyclic) bond motifs is 1. The molecule has 0 aliphatic rings. The van der Waals surface area contributed by atoms with Crippen molar-refractivity contribution in [3.8, 4) is 34.2 Å². The maximum Gasteiger partial charge on any atom is 0.164 e. The van der Waals surface area contributed by atoms with Crippen LogP contribution in [0.25, 0.3) is 58.0 Å². The van der Waals surface area contributed by atoms with Crippen molar-refractivity contribution in [3.05, 3.63) is 126 Å². The predicted octanol–water partition coefficient (Wildman–Crippen LogP) is 5.71. The Morgan fingerprint density at radius 3 is 1.89 bits per heavy atom. The van der Waals surface area contributed by atoms with Gasteiger partial charge in [0, 0.05) is 28.7 Å². The van der Waals surface area contributed by atoms with Crippen molar-refractivity contribution in [2.75, 3.05) is 0 Å². The molecular weight excluding hydrogens is 454 g/mol. The van der Waals surface area contributed by atoms with Gasteiger partial charge in [0.05, 0.1) is 10.7 Å². The van der Waals surface area contributed by atoms with Crippen molar-refractivity contribution in [1.82, 2.24) is 24.1 Å². The lowest BCUT2D eigenvalue weighted by molar-refractivity contribution is 1.03.